The van der Waals surface area contributed by atoms with E-state index in [1.165, 1.54) is 53.5 Å². The molecule has 1 fully saturated rings. The normalized spacial score (nSPS) is 29.7. The first kappa shape index (κ1) is 14.0. The van der Waals surface area contributed by atoms with Crippen molar-refractivity contribution in [1.82, 2.24) is 5.32 Å². The van der Waals surface area contributed by atoms with Crippen LogP contribution in [0, 0.1) is 0 Å². The summed E-state index contributed by atoms with van der Waals surface area (Å²) in [5, 5.41) is 4.79. The van der Waals surface area contributed by atoms with Crippen LogP contribution in [0.25, 0.3) is 0 Å². The second kappa shape index (κ2) is 6.19. The predicted octanol–water partition coefficient (Wildman–Crippen LogP) is 4.70. The molecule has 2 aliphatic carbocycles. The molecule has 0 aromatic heterocycles. The Kier molecular flexibility index (Phi) is 4.55. The molecule has 0 saturated heterocycles. The van der Waals surface area contributed by atoms with Crippen LogP contribution in [0.3, 0.4) is 0 Å². The SMILES string of the molecule is CCSC1CCCC1NC1CCc2c(Br)cccc21. The first-order valence-corrected chi connectivity index (χ1v) is 9.28. The lowest BCUT2D eigenvalue weighted by atomic mass is 10.1. The largest absolute Gasteiger partial charge is 0.306 e. The van der Waals surface area contributed by atoms with Gasteiger partial charge in [0.05, 0.1) is 0 Å². The van der Waals surface area contributed by atoms with Gasteiger partial charge in [-0.2, -0.15) is 11.8 Å². The Labute approximate surface area is 129 Å². The molecule has 0 amide bonds. The van der Waals surface area contributed by atoms with Crippen molar-refractivity contribution >= 4 is 27.7 Å². The van der Waals surface area contributed by atoms with Gasteiger partial charge in [-0.1, -0.05) is 41.4 Å². The molecule has 0 heterocycles. The Morgan fingerprint density at radius 1 is 1.32 bits per heavy atom. The van der Waals surface area contributed by atoms with Gasteiger partial charge in [-0.3, -0.25) is 0 Å². The quantitative estimate of drug-likeness (QED) is 0.853. The van der Waals surface area contributed by atoms with Crippen LogP contribution in [0.4, 0.5) is 0 Å². The Bertz CT molecular complexity index is 448. The minimum atomic E-state index is 0.579. The summed E-state index contributed by atoms with van der Waals surface area (Å²) in [6.45, 7) is 2.28. The highest BCUT2D eigenvalue weighted by atomic mass is 79.9. The Hall–Kier alpha value is 0.0100. The van der Waals surface area contributed by atoms with E-state index in [4.69, 9.17) is 0 Å². The van der Waals surface area contributed by atoms with Crippen molar-refractivity contribution in [1.29, 1.82) is 0 Å². The maximum Gasteiger partial charge on any atom is 0.0329 e. The maximum absolute atomic E-state index is 3.95. The summed E-state index contributed by atoms with van der Waals surface area (Å²) < 4.78 is 1.29. The highest BCUT2D eigenvalue weighted by molar-refractivity contribution is 9.10. The lowest BCUT2D eigenvalue weighted by Crippen LogP contribution is -2.36. The summed E-state index contributed by atoms with van der Waals surface area (Å²) in [6, 6.07) is 7.96. The molecule has 19 heavy (non-hydrogen) atoms. The number of nitrogens with one attached hydrogen (secondary N) is 1. The molecule has 1 N–H and O–H groups in total. The molecule has 1 aromatic rings. The number of rotatable bonds is 4. The lowest BCUT2D eigenvalue weighted by molar-refractivity contribution is 0.443. The average molecular weight is 340 g/mol. The molecule has 2 aliphatic rings. The summed E-state index contributed by atoms with van der Waals surface area (Å²) >= 11 is 5.84. The van der Waals surface area contributed by atoms with Gasteiger partial charge in [-0.05, 0) is 48.6 Å². The van der Waals surface area contributed by atoms with Crippen molar-refractivity contribution in [2.24, 2.45) is 0 Å². The zero-order chi connectivity index (χ0) is 13.2. The molecular formula is C16H22BrNS. The smallest absolute Gasteiger partial charge is 0.0329 e. The molecule has 1 nitrogen and oxygen atoms in total. The van der Waals surface area contributed by atoms with Crippen molar-refractivity contribution in [3.05, 3.63) is 33.8 Å². The molecule has 3 atom stereocenters. The van der Waals surface area contributed by atoms with Crippen LogP contribution < -0.4 is 5.32 Å². The van der Waals surface area contributed by atoms with Gasteiger partial charge in [-0.25, -0.2) is 0 Å². The van der Waals surface area contributed by atoms with Crippen LogP contribution >= 0.6 is 27.7 Å². The fraction of sp³-hybridized carbons (Fsp3) is 0.625. The molecule has 1 saturated carbocycles. The summed E-state index contributed by atoms with van der Waals surface area (Å²) in [5.41, 5.74) is 3.05. The van der Waals surface area contributed by atoms with E-state index in [1.54, 1.807) is 0 Å². The number of hydrogen-bond acceptors (Lipinski definition) is 2. The third-order valence-corrected chi connectivity index (χ3v) is 6.53. The standard InChI is InChI=1S/C16H22BrNS/c1-2-19-16-8-4-7-15(16)18-14-10-9-11-12(14)5-3-6-13(11)17/h3,5-6,14-16,18H,2,4,7-10H2,1H3. The number of halogens is 1. The van der Waals surface area contributed by atoms with Crippen molar-refractivity contribution in [2.75, 3.05) is 5.75 Å². The summed E-state index contributed by atoms with van der Waals surface area (Å²) in [7, 11) is 0. The number of hydrogen-bond donors (Lipinski definition) is 1. The highest BCUT2D eigenvalue weighted by Gasteiger charge is 2.32. The van der Waals surface area contributed by atoms with Gasteiger partial charge in [0, 0.05) is 21.8 Å². The van der Waals surface area contributed by atoms with E-state index in [0.29, 0.717) is 6.04 Å². The zero-order valence-electron chi connectivity index (χ0n) is 11.5. The van der Waals surface area contributed by atoms with Gasteiger partial charge in [0.1, 0.15) is 0 Å². The number of fused-ring (bicyclic) bond motifs is 1. The molecule has 3 rings (SSSR count). The van der Waals surface area contributed by atoms with Crippen LogP contribution in [0.15, 0.2) is 22.7 Å². The minimum absolute atomic E-state index is 0.579. The second-order valence-electron chi connectivity index (χ2n) is 5.60. The molecule has 0 spiro atoms. The third-order valence-electron chi connectivity index (χ3n) is 4.46. The molecule has 0 radical (unpaired) electrons. The average Bonchev–Trinajstić information content (AvgIpc) is 3.00. The topological polar surface area (TPSA) is 12.0 Å². The Balaban J connectivity index is 1.71. The van der Waals surface area contributed by atoms with Gasteiger partial charge in [0.25, 0.3) is 0 Å². The van der Waals surface area contributed by atoms with E-state index in [0.717, 1.165) is 11.3 Å². The van der Waals surface area contributed by atoms with E-state index in [-0.39, 0.29) is 0 Å². The van der Waals surface area contributed by atoms with Gasteiger partial charge >= 0.3 is 0 Å². The Morgan fingerprint density at radius 2 is 2.21 bits per heavy atom. The molecule has 0 bridgehead atoms. The van der Waals surface area contributed by atoms with E-state index < -0.39 is 0 Å². The van der Waals surface area contributed by atoms with Crippen molar-refractivity contribution in [3.8, 4) is 0 Å². The van der Waals surface area contributed by atoms with E-state index in [2.05, 4.69) is 58.1 Å². The molecule has 0 aliphatic heterocycles. The predicted molar refractivity (Wildman–Crippen MR) is 87.9 cm³/mol. The third kappa shape index (κ3) is 2.88. The zero-order valence-corrected chi connectivity index (χ0v) is 13.9. The van der Waals surface area contributed by atoms with Gasteiger partial charge in [0.2, 0.25) is 0 Å². The first-order valence-electron chi connectivity index (χ1n) is 7.44. The monoisotopic (exact) mass is 339 g/mol. The Morgan fingerprint density at radius 3 is 3.05 bits per heavy atom. The van der Waals surface area contributed by atoms with Crippen LogP contribution in [-0.2, 0) is 6.42 Å². The van der Waals surface area contributed by atoms with Crippen molar-refractivity contribution in [2.45, 2.75) is 56.4 Å². The van der Waals surface area contributed by atoms with Crippen molar-refractivity contribution < 1.29 is 0 Å². The van der Waals surface area contributed by atoms with Crippen LogP contribution in [0.5, 0.6) is 0 Å². The number of thioether (sulfide) groups is 1. The molecule has 104 valence electrons. The summed E-state index contributed by atoms with van der Waals surface area (Å²) in [6.07, 6.45) is 6.63. The van der Waals surface area contributed by atoms with Crippen molar-refractivity contribution in [3.63, 3.8) is 0 Å². The van der Waals surface area contributed by atoms with Crippen LogP contribution in [0.1, 0.15) is 49.8 Å². The molecular weight excluding hydrogens is 318 g/mol. The van der Waals surface area contributed by atoms with Gasteiger partial charge in [-0.15, -0.1) is 0 Å². The van der Waals surface area contributed by atoms with Gasteiger partial charge < -0.3 is 5.32 Å². The van der Waals surface area contributed by atoms with E-state index in [9.17, 15) is 0 Å². The van der Waals surface area contributed by atoms with Gasteiger partial charge in [0.15, 0.2) is 0 Å². The fourth-order valence-electron chi connectivity index (χ4n) is 3.57. The lowest BCUT2D eigenvalue weighted by Gasteiger charge is -2.25. The second-order valence-corrected chi connectivity index (χ2v) is 7.97. The van der Waals surface area contributed by atoms with E-state index >= 15 is 0 Å². The summed E-state index contributed by atoms with van der Waals surface area (Å²) in [5.74, 6) is 1.25. The first-order chi connectivity index (χ1) is 9.29. The van der Waals surface area contributed by atoms with Crippen LogP contribution in [-0.4, -0.2) is 17.0 Å². The molecule has 3 unspecified atom stereocenters. The van der Waals surface area contributed by atoms with E-state index in [1.807, 2.05) is 0 Å². The highest BCUT2D eigenvalue weighted by Crippen LogP contribution is 2.38. The molecule has 3 heteroatoms. The van der Waals surface area contributed by atoms with Crippen LogP contribution in [0.2, 0.25) is 0 Å². The minimum Gasteiger partial charge on any atom is -0.306 e. The summed E-state index contributed by atoms with van der Waals surface area (Å²) in [4.78, 5) is 0. The molecule has 1 aromatic carbocycles. The number of benzene rings is 1. The fourth-order valence-corrected chi connectivity index (χ4v) is 5.36. The maximum atomic E-state index is 3.95.